The molecular weight excluding hydrogens is 351 g/mol. The normalized spacial score (nSPS) is 37.9. The molecule has 9 heteroatoms. The van der Waals surface area contributed by atoms with Crippen molar-refractivity contribution in [2.75, 3.05) is 6.54 Å². The highest BCUT2D eigenvalue weighted by Gasteiger charge is 2.43. The molecule has 7 nitrogen and oxygen atoms in total. The topological polar surface area (TPSA) is 105 Å². The second-order valence-electron chi connectivity index (χ2n) is 7.42. The molecule has 2 saturated carbocycles. The Balaban J connectivity index is 1.60. The van der Waals surface area contributed by atoms with Crippen LogP contribution in [-0.2, 0) is 19.6 Å². The standard InChI is InChI=1S/C16H27FN2O5S/c17-11-6-7-13(12(8-11)16(20)21)19-25(22,23)14-9-18-15(24-14)10-4-2-1-3-5-10/h10-15,18-19H,1-9H2,(H,20,21). The van der Waals surface area contributed by atoms with E-state index < -0.39 is 39.6 Å². The van der Waals surface area contributed by atoms with Gasteiger partial charge in [-0.3, -0.25) is 10.1 Å². The summed E-state index contributed by atoms with van der Waals surface area (Å²) < 4.78 is 46.9. The molecule has 1 heterocycles. The van der Waals surface area contributed by atoms with E-state index in [1.807, 2.05) is 0 Å². The molecule has 0 aromatic rings. The van der Waals surface area contributed by atoms with Crippen LogP contribution in [0.5, 0.6) is 0 Å². The zero-order valence-corrected chi connectivity index (χ0v) is 15.0. The van der Waals surface area contributed by atoms with Gasteiger partial charge in [-0.2, -0.15) is 0 Å². The average molecular weight is 378 g/mol. The Hall–Kier alpha value is -0.770. The first-order chi connectivity index (χ1) is 11.9. The van der Waals surface area contributed by atoms with Crippen LogP contribution in [-0.4, -0.2) is 49.9 Å². The largest absolute Gasteiger partial charge is 0.481 e. The minimum atomic E-state index is -3.84. The highest BCUT2D eigenvalue weighted by atomic mass is 32.2. The number of aliphatic carboxylic acids is 1. The molecule has 0 amide bonds. The van der Waals surface area contributed by atoms with E-state index in [0.29, 0.717) is 5.92 Å². The smallest absolute Gasteiger partial charge is 0.308 e. The lowest BCUT2D eigenvalue weighted by atomic mass is 9.84. The summed E-state index contributed by atoms with van der Waals surface area (Å²) in [6.07, 6.45) is 4.27. The average Bonchev–Trinajstić information content (AvgIpc) is 3.08. The Morgan fingerprint density at radius 3 is 2.56 bits per heavy atom. The van der Waals surface area contributed by atoms with Gasteiger partial charge in [-0.05, 0) is 38.0 Å². The first kappa shape index (κ1) is 19.0. The summed E-state index contributed by atoms with van der Waals surface area (Å²) in [5, 5.41) is 12.4. The lowest BCUT2D eigenvalue weighted by molar-refractivity contribution is -0.144. The first-order valence-corrected chi connectivity index (χ1v) is 10.7. The van der Waals surface area contributed by atoms with Gasteiger partial charge in [0.15, 0.2) is 5.44 Å². The van der Waals surface area contributed by atoms with Gasteiger partial charge in [0.1, 0.15) is 12.4 Å². The van der Waals surface area contributed by atoms with E-state index in [1.165, 1.54) is 6.42 Å². The molecule has 144 valence electrons. The number of carboxylic acids is 1. The molecule has 3 fully saturated rings. The fourth-order valence-electron chi connectivity index (χ4n) is 4.19. The Morgan fingerprint density at radius 1 is 1.16 bits per heavy atom. The number of carbonyl (C=O) groups is 1. The Labute approximate surface area is 147 Å². The van der Waals surface area contributed by atoms with Gasteiger partial charge < -0.3 is 9.84 Å². The van der Waals surface area contributed by atoms with Crippen LogP contribution in [0.2, 0.25) is 0 Å². The number of sulfonamides is 1. The monoisotopic (exact) mass is 378 g/mol. The van der Waals surface area contributed by atoms with Gasteiger partial charge in [-0.1, -0.05) is 19.3 Å². The van der Waals surface area contributed by atoms with Crippen molar-refractivity contribution >= 4 is 16.0 Å². The third kappa shape index (κ3) is 4.50. The zero-order chi connectivity index (χ0) is 18.0. The van der Waals surface area contributed by atoms with Crippen molar-refractivity contribution in [3.63, 3.8) is 0 Å². The molecule has 2 aliphatic carbocycles. The van der Waals surface area contributed by atoms with Crippen molar-refractivity contribution in [3.05, 3.63) is 0 Å². The van der Waals surface area contributed by atoms with Crippen LogP contribution < -0.4 is 10.0 Å². The number of ether oxygens (including phenoxy) is 1. The fraction of sp³-hybridized carbons (Fsp3) is 0.938. The molecular formula is C16H27FN2O5S. The van der Waals surface area contributed by atoms with Crippen molar-refractivity contribution in [1.29, 1.82) is 0 Å². The van der Waals surface area contributed by atoms with Crippen LogP contribution in [0.4, 0.5) is 4.39 Å². The predicted octanol–water partition coefficient (Wildman–Crippen LogP) is 1.35. The number of nitrogens with one attached hydrogen (secondary N) is 2. The number of halogens is 1. The van der Waals surface area contributed by atoms with Crippen molar-refractivity contribution in [3.8, 4) is 0 Å². The number of hydrogen-bond donors (Lipinski definition) is 3. The second-order valence-corrected chi connectivity index (χ2v) is 9.27. The molecule has 3 rings (SSSR count). The number of rotatable bonds is 5. The highest BCUT2D eigenvalue weighted by molar-refractivity contribution is 7.90. The summed E-state index contributed by atoms with van der Waals surface area (Å²) in [5.41, 5.74) is -1.03. The van der Waals surface area contributed by atoms with E-state index in [0.717, 1.165) is 25.7 Å². The molecule has 1 saturated heterocycles. The maximum atomic E-state index is 13.5. The predicted molar refractivity (Wildman–Crippen MR) is 89.0 cm³/mol. The van der Waals surface area contributed by atoms with Gasteiger partial charge in [-0.15, -0.1) is 0 Å². The number of alkyl halides is 1. The highest BCUT2D eigenvalue weighted by Crippen LogP contribution is 2.31. The lowest BCUT2D eigenvalue weighted by Gasteiger charge is -2.31. The molecule has 25 heavy (non-hydrogen) atoms. The quantitative estimate of drug-likeness (QED) is 0.667. The maximum absolute atomic E-state index is 13.5. The van der Waals surface area contributed by atoms with Crippen LogP contribution in [0.15, 0.2) is 0 Å². The summed E-state index contributed by atoms with van der Waals surface area (Å²) in [4.78, 5) is 11.3. The van der Waals surface area contributed by atoms with Crippen LogP contribution in [0.1, 0.15) is 51.4 Å². The fourth-order valence-corrected chi connectivity index (χ4v) is 5.63. The van der Waals surface area contributed by atoms with Gasteiger partial charge in [0, 0.05) is 12.6 Å². The Kier molecular flexibility index (Phi) is 5.97. The minimum Gasteiger partial charge on any atom is -0.481 e. The minimum absolute atomic E-state index is 0.156. The molecule has 0 aromatic carbocycles. The third-order valence-electron chi connectivity index (χ3n) is 5.63. The number of carboxylic acid groups (broad SMARTS) is 1. The summed E-state index contributed by atoms with van der Waals surface area (Å²) >= 11 is 0. The van der Waals surface area contributed by atoms with E-state index >= 15 is 0 Å². The maximum Gasteiger partial charge on any atom is 0.308 e. The van der Waals surface area contributed by atoms with Crippen LogP contribution in [0.3, 0.4) is 0 Å². The lowest BCUT2D eigenvalue weighted by Crippen LogP contribution is -2.50. The van der Waals surface area contributed by atoms with E-state index in [4.69, 9.17) is 4.74 Å². The van der Waals surface area contributed by atoms with Crippen LogP contribution >= 0.6 is 0 Å². The van der Waals surface area contributed by atoms with Crippen molar-refractivity contribution < 1.29 is 27.4 Å². The zero-order valence-electron chi connectivity index (χ0n) is 14.2. The van der Waals surface area contributed by atoms with E-state index in [-0.39, 0.29) is 32.0 Å². The number of hydrogen-bond acceptors (Lipinski definition) is 5. The van der Waals surface area contributed by atoms with Crippen LogP contribution in [0, 0.1) is 11.8 Å². The Morgan fingerprint density at radius 2 is 1.88 bits per heavy atom. The van der Waals surface area contributed by atoms with Gasteiger partial charge in [-0.25, -0.2) is 17.5 Å². The van der Waals surface area contributed by atoms with Crippen LogP contribution in [0.25, 0.3) is 0 Å². The van der Waals surface area contributed by atoms with Gasteiger partial charge in [0.25, 0.3) is 0 Å². The summed E-state index contributed by atoms with van der Waals surface area (Å²) in [6, 6.07) is -0.785. The van der Waals surface area contributed by atoms with E-state index in [2.05, 4.69) is 10.0 Å². The molecule has 1 aliphatic heterocycles. The third-order valence-corrected chi connectivity index (χ3v) is 7.23. The molecule has 0 aromatic heterocycles. The molecule has 5 unspecified atom stereocenters. The van der Waals surface area contributed by atoms with Crippen molar-refractivity contribution in [1.82, 2.24) is 10.0 Å². The molecule has 0 spiro atoms. The summed E-state index contributed by atoms with van der Waals surface area (Å²) in [7, 11) is -3.84. The van der Waals surface area contributed by atoms with Gasteiger partial charge >= 0.3 is 5.97 Å². The second kappa shape index (κ2) is 7.85. The SMILES string of the molecule is O=C(O)C1CC(F)CCC1NS(=O)(=O)C1CNC(C2CCCCC2)O1. The van der Waals surface area contributed by atoms with E-state index in [9.17, 15) is 22.7 Å². The first-order valence-electron chi connectivity index (χ1n) is 9.13. The Bertz CT molecular complexity index is 581. The van der Waals surface area contributed by atoms with Gasteiger partial charge in [0.05, 0.1) is 5.92 Å². The summed E-state index contributed by atoms with van der Waals surface area (Å²) in [5.74, 6) is -1.88. The molecule has 3 N–H and O–H groups in total. The summed E-state index contributed by atoms with van der Waals surface area (Å²) in [6.45, 7) is 0.187. The molecule has 0 radical (unpaired) electrons. The molecule has 5 atom stereocenters. The van der Waals surface area contributed by atoms with Crippen molar-refractivity contribution in [2.24, 2.45) is 11.8 Å². The van der Waals surface area contributed by atoms with Crippen molar-refractivity contribution in [2.45, 2.75) is 75.2 Å². The van der Waals surface area contributed by atoms with Gasteiger partial charge in [0.2, 0.25) is 10.0 Å². The van der Waals surface area contributed by atoms with E-state index in [1.54, 1.807) is 0 Å². The molecule has 3 aliphatic rings. The molecule has 0 bridgehead atoms.